The highest BCUT2D eigenvalue weighted by atomic mass is 79.9. The topological polar surface area (TPSA) is 44.5 Å². The molecule has 3 nitrogen and oxygen atoms in total. The molecule has 0 aliphatic rings. The summed E-state index contributed by atoms with van der Waals surface area (Å²) in [4.78, 5) is 0. The van der Waals surface area contributed by atoms with Gasteiger partial charge in [-0.05, 0) is 60.8 Å². The Hall–Kier alpha value is -1.00. The van der Waals surface area contributed by atoms with Gasteiger partial charge in [0.05, 0.1) is 11.1 Å². The van der Waals surface area contributed by atoms with Crippen molar-refractivity contribution in [3.05, 3.63) is 34.3 Å². The smallest absolute Gasteiger partial charge is 0.175 e. The van der Waals surface area contributed by atoms with E-state index in [0.29, 0.717) is 13.2 Å². The summed E-state index contributed by atoms with van der Waals surface area (Å²) in [5.74, 6) is 1.51. The zero-order valence-electron chi connectivity index (χ0n) is 11.8. The molecule has 0 heterocycles. The van der Waals surface area contributed by atoms with Crippen molar-refractivity contribution in [3.63, 3.8) is 0 Å². The summed E-state index contributed by atoms with van der Waals surface area (Å²) >= 11 is 3.54. The van der Waals surface area contributed by atoms with Crippen LogP contribution in [0, 0.1) is 0 Å². The summed E-state index contributed by atoms with van der Waals surface area (Å²) < 4.78 is 12.3. The summed E-state index contributed by atoms with van der Waals surface area (Å²) in [5.41, 5.74) is 6.98. The summed E-state index contributed by atoms with van der Waals surface area (Å²) in [6, 6.07) is 4.16. The van der Waals surface area contributed by atoms with E-state index in [1.807, 2.05) is 45.1 Å². The van der Waals surface area contributed by atoms with Crippen LogP contribution in [0.1, 0.15) is 26.3 Å². The third-order valence-electron chi connectivity index (χ3n) is 2.49. The number of hydrogen-bond acceptors (Lipinski definition) is 3. The van der Waals surface area contributed by atoms with E-state index in [-0.39, 0.29) is 6.04 Å². The number of benzene rings is 1. The molecule has 106 valence electrons. The van der Waals surface area contributed by atoms with Gasteiger partial charge in [-0.25, -0.2) is 0 Å². The van der Waals surface area contributed by atoms with Gasteiger partial charge in [0.15, 0.2) is 11.5 Å². The van der Waals surface area contributed by atoms with Crippen LogP contribution < -0.4 is 15.2 Å². The summed E-state index contributed by atoms with van der Waals surface area (Å²) in [5, 5.41) is 0. The molecule has 0 bridgehead atoms. The largest absolute Gasteiger partial charge is 0.490 e. The van der Waals surface area contributed by atoms with E-state index in [1.54, 1.807) is 0 Å². The Bertz CT molecular complexity index is 430. The standard InChI is InChI=1S/C15H22BrNO2/c1-4-6-7-19-15-13(16)9-12(8-11(3)17)10-14(15)18-5-2/h4,6,9-11H,5,7-8,17H2,1-3H3/b6-4+. The van der Waals surface area contributed by atoms with Crippen LogP contribution in [0.2, 0.25) is 0 Å². The van der Waals surface area contributed by atoms with Crippen molar-refractivity contribution in [2.75, 3.05) is 13.2 Å². The second-order valence-corrected chi connectivity index (χ2v) is 5.25. The van der Waals surface area contributed by atoms with Gasteiger partial charge in [-0.2, -0.15) is 0 Å². The van der Waals surface area contributed by atoms with E-state index in [9.17, 15) is 0 Å². The molecule has 0 fully saturated rings. The second-order valence-electron chi connectivity index (χ2n) is 4.40. The third-order valence-corrected chi connectivity index (χ3v) is 3.08. The Morgan fingerprint density at radius 3 is 2.68 bits per heavy atom. The van der Waals surface area contributed by atoms with E-state index in [2.05, 4.69) is 15.9 Å². The second kappa shape index (κ2) is 8.23. The summed E-state index contributed by atoms with van der Waals surface area (Å²) in [6.45, 7) is 7.05. The molecule has 0 spiro atoms. The van der Waals surface area contributed by atoms with E-state index >= 15 is 0 Å². The van der Waals surface area contributed by atoms with Crippen LogP contribution in [0.15, 0.2) is 28.8 Å². The Labute approximate surface area is 123 Å². The number of rotatable bonds is 7. The van der Waals surface area contributed by atoms with Gasteiger partial charge in [0.2, 0.25) is 0 Å². The monoisotopic (exact) mass is 327 g/mol. The highest BCUT2D eigenvalue weighted by Gasteiger charge is 2.12. The Morgan fingerprint density at radius 1 is 1.37 bits per heavy atom. The van der Waals surface area contributed by atoms with Crippen LogP contribution in [-0.2, 0) is 6.42 Å². The Kier molecular flexibility index (Phi) is 6.95. The van der Waals surface area contributed by atoms with Gasteiger partial charge in [-0.1, -0.05) is 12.2 Å². The van der Waals surface area contributed by atoms with E-state index < -0.39 is 0 Å². The van der Waals surface area contributed by atoms with Gasteiger partial charge in [0, 0.05) is 6.04 Å². The van der Waals surface area contributed by atoms with Gasteiger partial charge in [0.1, 0.15) is 6.61 Å². The zero-order chi connectivity index (χ0) is 14.3. The molecule has 1 rings (SSSR count). The van der Waals surface area contributed by atoms with Gasteiger partial charge in [-0.15, -0.1) is 0 Å². The van der Waals surface area contributed by atoms with Gasteiger partial charge in [-0.3, -0.25) is 0 Å². The van der Waals surface area contributed by atoms with Crippen LogP contribution >= 0.6 is 15.9 Å². The molecular formula is C15H22BrNO2. The van der Waals surface area contributed by atoms with Crippen LogP contribution in [0.3, 0.4) is 0 Å². The molecule has 0 aliphatic carbocycles. The van der Waals surface area contributed by atoms with Gasteiger partial charge >= 0.3 is 0 Å². The van der Waals surface area contributed by atoms with Crippen LogP contribution in [0.25, 0.3) is 0 Å². The highest BCUT2D eigenvalue weighted by Crippen LogP contribution is 2.37. The molecule has 19 heavy (non-hydrogen) atoms. The molecule has 0 aliphatic heterocycles. The maximum absolute atomic E-state index is 5.84. The number of allylic oxidation sites excluding steroid dienone is 1. The number of hydrogen-bond donors (Lipinski definition) is 1. The minimum atomic E-state index is 0.121. The van der Waals surface area contributed by atoms with Crippen molar-refractivity contribution in [3.8, 4) is 11.5 Å². The van der Waals surface area contributed by atoms with E-state index in [4.69, 9.17) is 15.2 Å². The van der Waals surface area contributed by atoms with Crippen molar-refractivity contribution in [1.82, 2.24) is 0 Å². The molecule has 0 saturated heterocycles. The average molecular weight is 328 g/mol. The zero-order valence-corrected chi connectivity index (χ0v) is 13.4. The molecule has 1 aromatic rings. The lowest BCUT2D eigenvalue weighted by atomic mass is 10.1. The van der Waals surface area contributed by atoms with Crippen LogP contribution in [0.4, 0.5) is 0 Å². The maximum Gasteiger partial charge on any atom is 0.175 e. The molecule has 1 atom stereocenters. The fourth-order valence-electron chi connectivity index (χ4n) is 1.74. The quantitative estimate of drug-likeness (QED) is 0.777. The van der Waals surface area contributed by atoms with Crippen LogP contribution in [0.5, 0.6) is 11.5 Å². The molecule has 1 aromatic carbocycles. The maximum atomic E-state index is 5.84. The SMILES string of the molecule is C/C=C/COc1c(Br)cc(CC(C)N)cc1OCC. The first-order valence-corrected chi connectivity index (χ1v) is 7.32. The Balaban J connectivity index is 3.00. The van der Waals surface area contributed by atoms with Gasteiger partial charge in [0.25, 0.3) is 0 Å². The fraction of sp³-hybridized carbons (Fsp3) is 0.467. The Morgan fingerprint density at radius 2 is 2.11 bits per heavy atom. The number of halogens is 1. The lowest BCUT2D eigenvalue weighted by Crippen LogP contribution is -2.17. The molecule has 1 unspecified atom stereocenters. The van der Waals surface area contributed by atoms with E-state index in [1.165, 1.54) is 0 Å². The van der Waals surface area contributed by atoms with Gasteiger partial charge < -0.3 is 15.2 Å². The average Bonchev–Trinajstić information content (AvgIpc) is 2.32. The first kappa shape index (κ1) is 16.1. The van der Waals surface area contributed by atoms with E-state index in [0.717, 1.165) is 28.0 Å². The lowest BCUT2D eigenvalue weighted by Gasteiger charge is -2.15. The highest BCUT2D eigenvalue weighted by molar-refractivity contribution is 9.10. The number of nitrogens with two attached hydrogens (primary N) is 1. The molecule has 0 amide bonds. The first-order chi connectivity index (χ1) is 9.08. The fourth-order valence-corrected chi connectivity index (χ4v) is 2.35. The summed E-state index contributed by atoms with van der Waals surface area (Å²) in [7, 11) is 0. The normalized spacial score (nSPS) is 12.7. The predicted molar refractivity (Wildman–Crippen MR) is 83.0 cm³/mol. The number of ether oxygens (including phenoxy) is 2. The molecule has 0 radical (unpaired) electrons. The molecule has 0 saturated carbocycles. The van der Waals surface area contributed by atoms with Crippen molar-refractivity contribution >= 4 is 15.9 Å². The van der Waals surface area contributed by atoms with Crippen molar-refractivity contribution < 1.29 is 9.47 Å². The van der Waals surface area contributed by atoms with Crippen molar-refractivity contribution in [2.24, 2.45) is 5.73 Å². The molecule has 0 aromatic heterocycles. The van der Waals surface area contributed by atoms with Crippen LogP contribution in [-0.4, -0.2) is 19.3 Å². The van der Waals surface area contributed by atoms with Crippen molar-refractivity contribution in [2.45, 2.75) is 33.2 Å². The minimum Gasteiger partial charge on any atom is -0.490 e. The lowest BCUT2D eigenvalue weighted by molar-refractivity contribution is 0.295. The third kappa shape index (κ3) is 5.25. The summed E-state index contributed by atoms with van der Waals surface area (Å²) in [6.07, 6.45) is 4.73. The molecule has 2 N–H and O–H groups in total. The van der Waals surface area contributed by atoms with Crippen molar-refractivity contribution in [1.29, 1.82) is 0 Å². The molecule has 4 heteroatoms. The first-order valence-electron chi connectivity index (χ1n) is 6.53. The minimum absolute atomic E-state index is 0.121. The predicted octanol–water partition coefficient (Wildman–Crippen LogP) is 3.69. The molecular weight excluding hydrogens is 306 g/mol.